The molecule has 0 saturated carbocycles. The molecule has 0 bridgehead atoms. The van der Waals surface area contributed by atoms with Crippen molar-refractivity contribution in [2.75, 3.05) is 36.1 Å². The Bertz CT molecular complexity index is 1150. The average molecular weight is 462 g/mol. The van der Waals surface area contributed by atoms with E-state index in [9.17, 15) is 28.1 Å². The highest BCUT2D eigenvalue weighted by molar-refractivity contribution is 7.92. The predicted octanol–water partition coefficient (Wildman–Crippen LogP) is 1.92. The van der Waals surface area contributed by atoms with E-state index in [1.165, 1.54) is 31.4 Å². The third kappa shape index (κ3) is 6.04. The summed E-state index contributed by atoms with van der Waals surface area (Å²) < 4.78 is 30.6. The first kappa shape index (κ1) is 24.3. The number of carbonyl (C=O) groups excluding carboxylic acids is 2. The van der Waals surface area contributed by atoms with Gasteiger partial charge in [0.1, 0.15) is 18.0 Å². The Morgan fingerprint density at radius 3 is 2.53 bits per heavy atom. The molecule has 11 nitrogen and oxygen atoms in total. The Kier molecular flexibility index (Phi) is 7.91. The van der Waals surface area contributed by atoms with Crippen LogP contribution in [0.5, 0.6) is 5.75 Å². The zero-order chi connectivity index (χ0) is 23.9. The predicted molar refractivity (Wildman–Crippen MR) is 119 cm³/mol. The maximum absolute atomic E-state index is 12.7. The molecule has 0 aliphatic carbocycles. The fraction of sp³-hybridized carbons (Fsp3) is 0.200. The van der Waals surface area contributed by atoms with Crippen LogP contribution < -0.4 is 19.7 Å². The van der Waals surface area contributed by atoms with Crippen molar-refractivity contribution in [1.82, 2.24) is 5.32 Å². The molecule has 32 heavy (non-hydrogen) atoms. The summed E-state index contributed by atoms with van der Waals surface area (Å²) in [5, 5.41) is 16.2. The minimum absolute atomic E-state index is 0.0260. The molecule has 2 amide bonds. The minimum atomic E-state index is -4.04. The van der Waals surface area contributed by atoms with E-state index >= 15 is 0 Å². The number of para-hydroxylation sites is 1. The first-order valence-corrected chi connectivity index (χ1v) is 11.0. The Morgan fingerprint density at radius 2 is 1.94 bits per heavy atom. The van der Waals surface area contributed by atoms with Crippen molar-refractivity contribution in [3.8, 4) is 5.75 Å². The maximum atomic E-state index is 12.7. The summed E-state index contributed by atoms with van der Waals surface area (Å²) in [5.41, 5.74) is -0.212. The first-order chi connectivity index (χ1) is 15.1. The van der Waals surface area contributed by atoms with Crippen molar-refractivity contribution >= 4 is 38.9 Å². The topological polar surface area (TPSA) is 148 Å². The molecule has 2 aromatic carbocycles. The summed E-state index contributed by atoms with van der Waals surface area (Å²) in [5.74, 6) is -1.20. The van der Waals surface area contributed by atoms with Crippen molar-refractivity contribution < 1.29 is 27.7 Å². The number of rotatable bonds is 10. The molecule has 2 rings (SSSR count). The van der Waals surface area contributed by atoms with Crippen molar-refractivity contribution in [2.24, 2.45) is 0 Å². The van der Waals surface area contributed by atoms with Gasteiger partial charge in [-0.05, 0) is 18.2 Å². The van der Waals surface area contributed by atoms with Crippen LogP contribution >= 0.6 is 0 Å². The van der Waals surface area contributed by atoms with E-state index < -0.39 is 33.3 Å². The number of hydrogen-bond donors (Lipinski definition) is 2. The van der Waals surface area contributed by atoms with E-state index in [2.05, 4.69) is 17.2 Å². The summed E-state index contributed by atoms with van der Waals surface area (Å²) in [6.45, 7) is 3.02. The van der Waals surface area contributed by atoms with Crippen LogP contribution in [0.25, 0.3) is 0 Å². The molecule has 0 fully saturated rings. The van der Waals surface area contributed by atoms with E-state index in [1.54, 1.807) is 12.1 Å². The molecule has 0 unspecified atom stereocenters. The molecular formula is C20H22N4O7S. The zero-order valence-electron chi connectivity index (χ0n) is 17.4. The number of amides is 2. The minimum Gasteiger partial charge on any atom is -0.495 e. The highest BCUT2D eigenvalue weighted by atomic mass is 32.2. The number of nitrogens with one attached hydrogen (secondary N) is 2. The molecule has 12 heteroatoms. The normalized spacial score (nSPS) is 10.7. The fourth-order valence-corrected chi connectivity index (χ4v) is 3.59. The van der Waals surface area contributed by atoms with Crippen LogP contribution in [0, 0.1) is 10.1 Å². The van der Waals surface area contributed by atoms with Crippen LogP contribution in [0.15, 0.2) is 55.1 Å². The number of anilines is 2. The van der Waals surface area contributed by atoms with E-state index in [0.29, 0.717) is 4.31 Å². The molecule has 2 N–H and O–H groups in total. The lowest BCUT2D eigenvalue weighted by Gasteiger charge is -2.23. The SMILES string of the molecule is C=CCNC(=O)c1ccccc1NC(=O)CN(c1cc([N+](=O)[O-])ccc1OC)S(C)(=O)=O. The Hall–Kier alpha value is -3.93. The molecule has 0 aliphatic rings. The number of hydrogen-bond acceptors (Lipinski definition) is 7. The van der Waals surface area contributed by atoms with Gasteiger partial charge in [0.2, 0.25) is 15.9 Å². The molecule has 0 atom stereocenters. The van der Waals surface area contributed by atoms with Crippen LogP contribution in [0.3, 0.4) is 0 Å². The molecule has 0 spiro atoms. The zero-order valence-corrected chi connectivity index (χ0v) is 18.2. The van der Waals surface area contributed by atoms with Crippen LogP contribution in [-0.2, 0) is 14.8 Å². The third-order valence-electron chi connectivity index (χ3n) is 4.18. The summed E-state index contributed by atoms with van der Waals surface area (Å²) in [4.78, 5) is 35.5. The van der Waals surface area contributed by atoms with Crippen LogP contribution in [-0.4, -0.2) is 51.6 Å². The van der Waals surface area contributed by atoms with E-state index in [-0.39, 0.29) is 34.9 Å². The molecule has 170 valence electrons. The van der Waals surface area contributed by atoms with E-state index in [1.807, 2.05) is 0 Å². The molecule has 2 aromatic rings. The quantitative estimate of drug-likeness (QED) is 0.311. The van der Waals surface area contributed by atoms with Crippen LogP contribution in [0.4, 0.5) is 17.1 Å². The summed E-state index contributed by atoms with van der Waals surface area (Å²) in [6, 6.07) is 9.58. The van der Waals surface area contributed by atoms with Gasteiger partial charge in [-0.25, -0.2) is 8.42 Å². The highest BCUT2D eigenvalue weighted by Crippen LogP contribution is 2.33. The van der Waals surface area contributed by atoms with Gasteiger partial charge < -0.3 is 15.4 Å². The number of non-ortho nitro benzene ring substituents is 1. The lowest BCUT2D eigenvalue weighted by molar-refractivity contribution is -0.384. The summed E-state index contributed by atoms with van der Waals surface area (Å²) >= 11 is 0. The second-order valence-electron chi connectivity index (χ2n) is 6.48. The lowest BCUT2D eigenvalue weighted by Crippen LogP contribution is -2.38. The second kappa shape index (κ2) is 10.4. The molecular weight excluding hydrogens is 440 g/mol. The van der Waals surface area contributed by atoms with E-state index in [4.69, 9.17) is 4.74 Å². The Balaban J connectivity index is 2.36. The number of nitro benzene ring substituents is 1. The van der Waals surface area contributed by atoms with Gasteiger partial charge in [0.15, 0.2) is 0 Å². The molecule has 0 aliphatic heterocycles. The highest BCUT2D eigenvalue weighted by Gasteiger charge is 2.26. The van der Waals surface area contributed by atoms with Gasteiger partial charge in [-0.3, -0.25) is 24.0 Å². The molecule has 0 heterocycles. The van der Waals surface area contributed by atoms with Crippen molar-refractivity contribution in [2.45, 2.75) is 0 Å². The second-order valence-corrected chi connectivity index (χ2v) is 8.38. The molecule has 0 radical (unpaired) electrons. The summed E-state index contributed by atoms with van der Waals surface area (Å²) in [6.07, 6.45) is 2.35. The van der Waals surface area contributed by atoms with Gasteiger partial charge in [0, 0.05) is 18.7 Å². The number of nitrogens with zero attached hydrogens (tertiary/aromatic N) is 2. The van der Waals surface area contributed by atoms with Crippen molar-refractivity contribution in [3.05, 3.63) is 70.8 Å². The Morgan fingerprint density at radius 1 is 1.25 bits per heavy atom. The number of benzene rings is 2. The van der Waals surface area contributed by atoms with Crippen LogP contribution in [0.1, 0.15) is 10.4 Å². The van der Waals surface area contributed by atoms with E-state index in [0.717, 1.165) is 18.4 Å². The standard InChI is InChI=1S/C20H22N4O7S/c1-4-11-21-20(26)15-7-5-6-8-16(15)22-19(25)13-23(32(3,29)30)17-12-14(24(27)28)9-10-18(17)31-2/h4-10,12H,1,11,13H2,2-3H3,(H,21,26)(H,22,25). The number of carbonyl (C=O) groups is 2. The van der Waals surface area contributed by atoms with Gasteiger partial charge in [0.25, 0.3) is 11.6 Å². The van der Waals surface area contributed by atoms with Gasteiger partial charge in [0.05, 0.1) is 29.5 Å². The van der Waals surface area contributed by atoms with Gasteiger partial charge in [-0.2, -0.15) is 0 Å². The number of sulfonamides is 1. The Labute approximate surface area is 184 Å². The molecule has 0 aromatic heterocycles. The number of ether oxygens (including phenoxy) is 1. The van der Waals surface area contributed by atoms with Gasteiger partial charge >= 0.3 is 0 Å². The molecule has 0 saturated heterocycles. The van der Waals surface area contributed by atoms with Gasteiger partial charge in [-0.15, -0.1) is 6.58 Å². The van der Waals surface area contributed by atoms with Crippen LogP contribution in [0.2, 0.25) is 0 Å². The lowest BCUT2D eigenvalue weighted by atomic mass is 10.1. The first-order valence-electron chi connectivity index (χ1n) is 9.16. The van der Waals surface area contributed by atoms with Gasteiger partial charge in [-0.1, -0.05) is 18.2 Å². The third-order valence-corrected chi connectivity index (χ3v) is 5.31. The number of nitro groups is 1. The maximum Gasteiger partial charge on any atom is 0.271 e. The summed E-state index contributed by atoms with van der Waals surface area (Å²) in [7, 11) is -2.77. The smallest absolute Gasteiger partial charge is 0.271 e. The van der Waals surface area contributed by atoms with Crippen molar-refractivity contribution in [3.63, 3.8) is 0 Å². The number of methoxy groups -OCH3 is 1. The monoisotopic (exact) mass is 462 g/mol. The fourth-order valence-electron chi connectivity index (χ4n) is 2.74. The average Bonchev–Trinajstić information content (AvgIpc) is 2.74. The largest absolute Gasteiger partial charge is 0.495 e. The van der Waals surface area contributed by atoms with Crippen molar-refractivity contribution in [1.29, 1.82) is 0 Å².